The van der Waals surface area contributed by atoms with Crippen LogP contribution in [0.3, 0.4) is 0 Å². The maximum absolute atomic E-state index is 10.5. The van der Waals surface area contributed by atoms with Crippen LogP contribution >= 0.6 is 0 Å². The van der Waals surface area contributed by atoms with Crippen molar-refractivity contribution in [2.24, 2.45) is 0 Å². The third kappa shape index (κ3) is 4.43. The molecule has 4 aromatic carbocycles. The molecule has 0 aromatic heterocycles. The molecule has 4 aromatic rings. The normalized spacial score (nSPS) is 12.0. The summed E-state index contributed by atoms with van der Waals surface area (Å²) in [6, 6.07) is 33.6. The number of aliphatic hydroxyl groups is 1. The van der Waals surface area contributed by atoms with Crippen molar-refractivity contribution in [3.8, 4) is 0 Å². The van der Waals surface area contributed by atoms with Crippen molar-refractivity contribution in [3.05, 3.63) is 97.1 Å². The van der Waals surface area contributed by atoms with E-state index in [1.807, 2.05) is 26.0 Å². The van der Waals surface area contributed by atoms with Gasteiger partial charge in [0.15, 0.2) is 0 Å². The second-order valence-corrected chi connectivity index (χ2v) is 9.15. The summed E-state index contributed by atoms with van der Waals surface area (Å²) in [5.41, 5.74) is 2.81. The Morgan fingerprint density at radius 3 is 1.69 bits per heavy atom. The van der Waals surface area contributed by atoms with Crippen LogP contribution in [0.2, 0.25) is 0 Å². The highest BCUT2D eigenvalue weighted by atomic mass is 16.5. The van der Waals surface area contributed by atoms with Crippen LogP contribution < -0.4 is 10.4 Å². The van der Waals surface area contributed by atoms with E-state index >= 15 is 0 Å². The quantitative estimate of drug-likeness (QED) is 0.379. The Labute approximate surface area is 191 Å². The van der Waals surface area contributed by atoms with Crippen LogP contribution in [-0.4, -0.2) is 23.8 Å². The first-order chi connectivity index (χ1) is 15.3. The highest BCUT2D eigenvalue weighted by Gasteiger charge is 2.35. The number of fused-ring (bicyclic) bond motifs is 1. The Bertz CT molecular complexity index is 1140. The fraction of sp³-hybridized carbons (Fsp3) is 0.214. The van der Waals surface area contributed by atoms with Gasteiger partial charge in [-0.1, -0.05) is 66.7 Å². The molecule has 1 N–H and O–H groups in total. The molecule has 4 rings (SSSR count). The molecule has 0 atom stereocenters. The van der Waals surface area contributed by atoms with Gasteiger partial charge in [0, 0.05) is 16.8 Å². The fourth-order valence-corrected chi connectivity index (χ4v) is 3.68. The Morgan fingerprint density at radius 1 is 0.656 bits per heavy atom. The summed E-state index contributed by atoms with van der Waals surface area (Å²) < 4.78 is 6.19. The Kier molecular flexibility index (Phi) is 6.10. The lowest BCUT2D eigenvalue weighted by atomic mass is 9.80. The number of hydrogen-bond acceptors (Lipinski definition) is 3. The zero-order valence-electron chi connectivity index (χ0n) is 19.2. The number of rotatable bonds is 7. The SMILES string of the molecule is CC(C)(O)C(C)(C)OBc1ccc(N(c2ccccc2)c2ccccc2)c2ccccc12. The van der Waals surface area contributed by atoms with E-state index in [1.165, 1.54) is 0 Å². The van der Waals surface area contributed by atoms with Gasteiger partial charge in [0.1, 0.15) is 0 Å². The Morgan fingerprint density at radius 2 is 1.16 bits per heavy atom. The van der Waals surface area contributed by atoms with Gasteiger partial charge in [-0.25, -0.2) is 0 Å². The van der Waals surface area contributed by atoms with Crippen LogP contribution in [0, 0.1) is 0 Å². The largest absolute Gasteiger partial charge is 0.427 e. The monoisotopic (exact) mass is 423 g/mol. The van der Waals surface area contributed by atoms with Crippen molar-refractivity contribution in [1.29, 1.82) is 0 Å². The van der Waals surface area contributed by atoms with Gasteiger partial charge in [-0.3, -0.25) is 0 Å². The van der Waals surface area contributed by atoms with E-state index in [4.69, 9.17) is 4.65 Å². The number of para-hydroxylation sites is 2. The van der Waals surface area contributed by atoms with Crippen molar-refractivity contribution in [2.75, 3.05) is 4.90 Å². The minimum Gasteiger partial charge on any atom is -0.427 e. The summed E-state index contributed by atoms with van der Waals surface area (Å²) >= 11 is 0. The molecule has 0 spiro atoms. The summed E-state index contributed by atoms with van der Waals surface area (Å²) in [6.07, 6.45) is 0. The van der Waals surface area contributed by atoms with E-state index in [1.54, 1.807) is 13.8 Å². The van der Waals surface area contributed by atoms with Gasteiger partial charge in [-0.15, -0.1) is 0 Å². The predicted molar refractivity (Wildman–Crippen MR) is 137 cm³/mol. The van der Waals surface area contributed by atoms with Gasteiger partial charge < -0.3 is 14.7 Å². The van der Waals surface area contributed by atoms with E-state index in [2.05, 4.69) is 89.8 Å². The number of hydrogen-bond donors (Lipinski definition) is 1. The van der Waals surface area contributed by atoms with Gasteiger partial charge >= 0.3 is 7.48 Å². The smallest absolute Gasteiger partial charge is 0.310 e. The highest BCUT2D eigenvalue weighted by Crippen LogP contribution is 2.38. The van der Waals surface area contributed by atoms with Crippen molar-refractivity contribution >= 4 is 40.8 Å². The number of nitrogens with zero attached hydrogens (tertiary/aromatic N) is 1. The van der Waals surface area contributed by atoms with Crippen LogP contribution in [0.5, 0.6) is 0 Å². The van der Waals surface area contributed by atoms with Gasteiger partial charge in [0.05, 0.1) is 16.9 Å². The van der Waals surface area contributed by atoms with Gasteiger partial charge in [-0.05, 0) is 68.9 Å². The first-order valence-electron chi connectivity index (χ1n) is 11.1. The molecule has 4 heteroatoms. The van der Waals surface area contributed by atoms with Crippen LogP contribution in [0.1, 0.15) is 27.7 Å². The van der Waals surface area contributed by atoms with Crippen molar-refractivity contribution < 1.29 is 9.76 Å². The minimum absolute atomic E-state index is 0.425. The van der Waals surface area contributed by atoms with E-state index in [-0.39, 0.29) is 0 Å². The summed E-state index contributed by atoms with van der Waals surface area (Å²) in [6.45, 7) is 7.42. The first kappa shape index (κ1) is 22.1. The third-order valence-electron chi connectivity index (χ3n) is 6.32. The molecule has 0 aliphatic carbocycles. The molecular formula is C28H30BNO2. The standard InChI is InChI=1S/C28H30BNO2/c1-27(2,31)28(3,4)32-29-25-19-20-26(24-18-12-11-17-23(24)25)30(21-13-7-5-8-14-21)22-15-9-6-10-16-22/h5-20,29,31H,1-4H3. The van der Waals surface area contributed by atoms with E-state index in [9.17, 15) is 5.11 Å². The van der Waals surface area contributed by atoms with Crippen LogP contribution in [0.25, 0.3) is 10.8 Å². The summed E-state index contributed by atoms with van der Waals surface area (Å²) in [5, 5.41) is 12.8. The van der Waals surface area contributed by atoms with Crippen LogP contribution in [0.4, 0.5) is 17.1 Å². The summed E-state index contributed by atoms with van der Waals surface area (Å²) in [4.78, 5) is 2.29. The molecule has 0 unspecified atom stereocenters. The van der Waals surface area contributed by atoms with Crippen molar-refractivity contribution in [1.82, 2.24) is 0 Å². The zero-order chi connectivity index (χ0) is 22.8. The topological polar surface area (TPSA) is 32.7 Å². The molecule has 0 amide bonds. The Balaban J connectivity index is 1.81. The van der Waals surface area contributed by atoms with Gasteiger partial charge in [0.2, 0.25) is 0 Å². The lowest BCUT2D eigenvalue weighted by Crippen LogP contribution is -2.49. The van der Waals surface area contributed by atoms with E-state index in [0.29, 0.717) is 7.48 Å². The molecule has 0 aliphatic heterocycles. The zero-order valence-corrected chi connectivity index (χ0v) is 19.2. The molecule has 0 saturated heterocycles. The molecule has 0 radical (unpaired) electrons. The molecule has 0 aliphatic rings. The van der Waals surface area contributed by atoms with Gasteiger partial charge in [-0.2, -0.15) is 0 Å². The molecular weight excluding hydrogens is 393 g/mol. The average molecular weight is 423 g/mol. The minimum atomic E-state index is -0.944. The molecule has 0 heterocycles. The van der Waals surface area contributed by atoms with Gasteiger partial charge in [0.25, 0.3) is 0 Å². The van der Waals surface area contributed by atoms with E-state index < -0.39 is 11.2 Å². The summed E-state index contributed by atoms with van der Waals surface area (Å²) in [7, 11) is 0.425. The maximum atomic E-state index is 10.5. The fourth-order valence-electron chi connectivity index (χ4n) is 3.68. The second kappa shape index (κ2) is 8.81. The first-order valence-corrected chi connectivity index (χ1v) is 11.1. The van der Waals surface area contributed by atoms with E-state index in [0.717, 1.165) is 33.3 Å². The summed E-state index contributed by atoms with van der Waals surface area (Å²) in [5.74, 6) is 0. The van der Waals surface area contributed by atoms with Crippen LogP contribution in [0.15, 0.2) is 97.1 Å². The van der Waals surface area contributed by atoms with Crippen molar-refractivity contribution in [2.45, 2.75) is 38.9 Å². The molecule has 0 saturated carbocycles. The number of anilines is 3. The number of benzene rings is 4. The van der Waals surface area contributed by atoms with Crippen LogP contribution in [-0.2, 0) is 4.65 Å². The Hall–Kier alpha value is -3.08. The predicted octanol–water partition coefficient (Wildman–Crippen LogP) is 5.85. The molecule has 0 fully saturated rings. The lowest BCUT2D eigenvalue weighted by molar-refractivity contribution is -0.0893. The highest BCUT2D eigenvalue weighted by molar-refractivity contribution is 6.51. The average Bonchev–Trinajstić information content (AvgIpc) is 2.79. The lowest BCUT2D eigenvalue weighted by Gasteiger charge is -2.37. The second-order valence-electron chi connectivity index (χ2n) is 9.15. The molecule has 0 bridgehead atoms. The maximum Gasteiger partial charge on any atom is 0.310 e. The molecule has 32 heavy (non-hydrogen) atoms. The van der Waals surface area contributed by atoms with Crippen molar-refractivity contribution in [3.63, 3.8) is 0 Å². The third-order valence-corrected chi connectivity index (χ3v) is 6.32. The molecule has 3 nitrogen and oxygen atoms in total. The molecule has 162 valence electrons.